The standard InChI is InChI=1S/ClF2PSe/c1-4(2,3)5. The number of halogens is 3. The molecule has 0 N–H and O–H groups in total. The van der Waals surface area contributed by atoms with E-state index in [1.165, 1.54) is 15.1 Å². The first-order valence-electron chi connectivity index (χ1n) is 0.690. The molecule has 0 rings (SSSR count). The number of hydrogen-bond acceptors (Lipinski definition) is 0. The summed E-state index contributed by atoms with van der Waals surface area (Å²) in [5.74, 6) is 0. The van der Waals surface area contributed by atoms with Gasteiger partial charge >= 0.3 is 40.2 Å². The molecule has 0 spiro atoms. The van der Waals surface area contributed by atoms with Crippen molar-refractivity contribution in [2.75, 3.05) is 0 Å². The number of hydrogen-bond donors (Lipinski definition) is 0. The summed E-state index contributed by atoms with van der Waals surface area (Å²) < 4.78 is 21.7. The van der Waals surface area contributed by atoms with Crippen molar-refractivity contribution in [1.29, 1.82) is 0 Å². The van der Waals surface area contributed by atoms with E-state index in [2.05, 4.69) is 11.2 Å². The van der Waals surface area contributed by atoms with Crippen LogP contribution in [0.3, 0.4) is 0 Å². The second-order valence-corrected chi connectivity index (χ2v) is 6.72. The SMILES string of the molecule is FP(F)(Cl)=[Se]. The van der Waals surface area contributed by atoms with Crippen LogP contribution in [0, 0.1) is 0 Å². The zero-order chi connectivity index (χ0) is 4.50. The van der Waals surface area contributed by atoms with Crippen molar-refractivity contribution in [2.24, 2.45) is 0 Å². The van der Waals surface area contributed by atoms with Gasteiger partial charge in [0, 0.05) is 0 Å². The molecule has 0 atom stereocenters. The van der Waals surface area contributed by atoms with Crippen molar-refractivity contribution in [2.45, 2.75) is 0 Å². The van der Waals surface area contributed by atoms with Crippen molar-refractivity contribution >= 4 is 31.8 Å². The van der Waals surface area contributed by atoms with Crippen LogP contribution < -0.4 is 0 Å². The van der Waals surface area contributed by atoms with E-state index in [-0.39, 0.29) is 0 Å². The minimum absolute atomic E-state index is 1.52. The van der Waals surface area contributed by atoms with Gasteiger partial charge in [-0.3, -0.25) is 0 Å². The molecule has 0 saturated heterocycles. The van der Waals surface area contributed by atoms with Gasteiger partial charge in [0.05, 0.1) is 0 Å². The molecule has 0 amide bonds. The monoisotopic (exact) mass is 184 g/mol. The van der Waals surface area contributed by atoms with Crippen molar-refractivity contribution < 1.29 is 8.39 Å². The summed E-state index contributed by atoms with van der Waals surface area (Å²) in [6.07, 6.45) is 0. The maximum atomic E-state index is 10.8. The summed E-state index contributed by atoms with van der Waals surface area (Å²) in [5.41, 5.74) is -4.04. The van der Waals surface area contributed by atoms with Crippen molar-refractivity contribution in [3.63, 3.8) is 0 Å². The summed E-state index contributed by atoms with van der Waals surface area (Å²) in [7, 11) is 0. The van der Waals surface area contributed by atoms with E-state index in [4.69, 9.17) is 0 Å². The predicted molar refractivity (Wildman–Crippen MR) is 20.7 cm³/mol. The molecule has 0 fully saturated rings. The summed E-state index contributed by atoms with van der Waals surface area (Å²) in [6.45, 7) is 0. The Kier molecular flexibility index (Phi) is 2.07. The molecular weight excluding hydrogens is 183 g/mol. The van der Waals surface area contributed by atoms with Crippen molar-refractivity contribution in [3.8, 4) is 0 Å². The topological polar surface area (TPSA) is 0 Å². The fraction of sp³-hybridized carbons (Fsp3) is 0. The van der Waals surface area contributed by atoms with Crippen molar-refractivity contribution in [1.82, 2.24) is 0 Å². The van der Waals surface area contributed by atoms with Gasteiger partial charge in [-0.15, -0.1) is 0 Å². The van der Waals surface area contributed by atoms with Gasteiger partial charge in [0.25, 0.3) is 0 Å². The van der Waals surface area contributed by atoms with E-state index in [1.54, 1.807) is 0 Å². The molecule has 0 aliphatic rings. The van der Waals surface area contributed by atoms with Gasteiger partial charge in [0.2, 0.25) is 0 Å². The van der Waals surface area contributed by atoms with Crippen LogP contribution in [-0.4, -0.2) is 15.1 Å². The second kappa shape index (κ2) is 1.70. The van der Waals surface area contributed by atoms with Crippen LogP contribution in [0.1, 0.15) is 0 Å². The summed E-state index contributed by atoms with van der Waals surface area (Å²) in [5, 5.41) is 0. The molecule has 0 saturated carbocycles. The van der Waals surface area contributed by atoms with Crippen LogP contribution >= 0.6 is 16.7 Å². The van der Waals surface area contributed by atoms with E-state index < -0.39 is 5.48 Å². The van der Waals surface area contributed by atoms with E-state index in [1.807, 2.05) is 0 Å². The Hall–Kier alpha value is 1.10. The van der Waals surface area contributed by atoms with Crippen LogP contribution in [0.25, 0.3) is 0 Å². The van der Waals surface area contributed by atoms with Crippen molar-refractivity contribution in [3.05, 3.63) is 0 Å². The van der Waals surface area contributed by atoms with Crippen LogP contribution in [0.15, 0.2) is 0 Å². The van der Waals surface area contributed by atoms with Gasteiger partial charge in [0.1, 0.15) is 0 Å². The average Bonchev–Trinajstić information content (AvgIpc) is 0.722. The van der Waals surface area contributed by atoms with E-state index in [0.717, 1.165) is 0 Å². The first-order valence-corrected chi connectivity index (χ1v) is 5.38. The third-order valence-electron chi connectivity index (χ3n) is 0. The van der Waals surface area contributed by atoms with E-state index in [9.17, 15) is 8.39 Å². The summed E-state index contributed by atoms with van der Waals surface area (Å²) in [6, 6.07) is 0. The molecular formula is ClF2PSe. The Bertz CT molecular complexity index is 55.8. The molecule has 0 aromatic heterocycles. The Balaban J connectivity index is 3.47. The minimum atomic E-state index is -4.04. The van der Waals surface area contributed by atoms with Gasteiger partial charge in [-0.05, 0) is 0 Å². The van der Waals surface area contributed by atoms with E-state index in [0.29, 0.717) is 0 Å². The molecule has 0 bridgehead atoms. The number of rotatable bonds is 0. The zero-order valence-electron chi connectivity index (χ0n) is 1.99. The molecule has 5 heteroatoms. The molecule has 0 aromatic rings. The molecule has 0 unspecified atom stereocenters. The second-order valence-electron chi connectivity index (χ2n) is 0.399. The first-order chi connectivity index (χ1) is 2.00. The molecule has 32 valence electrons. The fourth-order valence-corrected chi connectivity index (χ4v) is 0. The van der Waals surface area contributed by atoms with Gasteiger partial charge in [0.15, 0.2) is 0 Å². The van der Waals surface area contributed by atoms with Crippen LogP contribution in [-0.2, 0) is 0 Å². The van der Waals surface area contributed by atoms with Gasteiger partial charge < -0.3 is 0 Å². The van der Waals surface area contributed by atoms with Crippen LogP contribution in [0.4, 0.5) is 8.39 Å². The van der Waals surface area contributed by atoms with Gasteiger partial charge in [-0.2, -0.15) is 0 Å². The Morgan fingerprint density at radius 2 is 1.60 bits per heavy atom. The molecule has 0 nitrogen and oxygen atoms in total. The molecule has 0 aliphatic heterocycles. The fourth-order valence-electron chi connectivity index (χ4n) is 0. The first kappa shape index (κ1) is 6.10. The third kappa shape index (κ3) is 40.5. The van der Waals surface area contributed by atoms with Gasteiger partial charge in [-0.25, -0.2) is 0 Å². The van der Waals surface area contributed by atoms with Crippen LogP contribution in [0.5, 0.6) is 0 Å². The molecule has 0 aliphatic carbocycles. The Morgan fingerprint density at radius 3 is 1.60 bits per heavy atom. The van der Waals surface area contributed by atoms with Crippen LogP contribution in [0.2, 0.25) is 0 Å². The van der Waals surface area contributed by atoms with Gasteiger partial charge in [-0.1, -0.05) is 0 Å². The summed E-state index contributed by atoms with van der Waals surface area (Å²) in [4.78, 5) is 0. The predicted octanol–water partition coefficient (Wildman–Crippen LogP) is 2.01. The Morgan fingerprint density at radius 1 is 1.60 bits per heavy atom. The molecule has 5 heavy (non-hydrogen) atoms. The maximum absolute atomic E-state index is 10.8. The summed E-state index contributed by atoms with van der Waals surface area (Å²) >= 11 is 5.77. The van der Waals surface area contributed by atoms with E-state index >= 15 is 0 Å². The third-order valence-corrected chi connectivity index (χ3v) is 0. The quantitative estimate of drug-likeness (QED) is 0.398. The molecule has 0 radical (unpaired) electrons. The Labute approximate surface area is 40.8 Å². The average molecular weight is 183 g/mol. The zero-order valence-corrected chi connectivity index (χ0v) is 5.35. The molecule has 0 aromatic carbocycles. The normalized spacial score (nSPS) is 11.8. The molecule has 0 heterocycles.